The molecule has 0 saturated heterocycles. The van der Waals surface area contributed by atoms with Crippen molar-refractivity contribution < 1.29 is 9.47 Å². The van der Waals surface area contributed by atoms with Gasteiger partial charge in [0.15, 0.2) is 0 Å². The summed E-state index contributed by atoms with van der Waals surface area (Å²) in [5, 5.41) is 3.46. The van der Waals surface area contributed by atoms with E-state index in [9.17, 15) is 4.79 Å². The van der Waals surface area contributed by atoms with Gasteiger partial charge in [-0.2, -0.15) is 0 Å². The average Bonchev–Trinajstić information content (AvgIpc) is 2.47. The molecule has 0 bridgehead atoms. The molecule has 2 rings (SSSR count). The molecule has 2 N–H and O–H groups in total. The van der Waals surface area contributed by atoms with Crippen LogP contribution < -0.4 is 20.3 Å². The SMILES string of the molecule is COc1cc(Nc2nc(C(C)C)cc(=O)[nH]2)c(OC)cc1Cl. The van der Waals surface area contributed by atoms with Crippen molar-refractivity contribution in [3.8, 4) is 11.5 Å². The summed E-state index contributed by atoms with van der Waals surface area (Å²) in [7, 11) is 3.06. The van der Waals surface area contributed by atoms with Gasteiger partial charge in [-0.3, -0.25) is 9.78 Å². The van der Waals surface area contributed by atoms with Crippen LogP contribution in [-0.4, -0.2) is 24.2 Å². The van der Waals surface area contributed by atoms with Gasteiger partial charge in [-0.25, -0.2) is 4.98 Å². The Bertz CT molecular complexity index is 728. The molecule has 6 nitrogen and oxygen atoms in total. The third kappa shape index (κ3) is 3.51. The molecule has 1 heterocycles. The van der Waals surface area contributed by atoms with Gasteiger partial charge >= 0.3 is 0 Å². The zero-order chi connectivity index (χ0) is 16.3. The second-order valence-electron chi connectivity index (χ2n) is 4.99. The van der Waals surface area contributed by atoms with Gasteiger partial charge in [0.2, 0.25) is 5.95 Å². The van der Waals surface area contributed by atoms with Gasteiger partial charge in [-0.15, -0.1) is 0 Å². The van der Waals surface area contributed by atoms with Gasteiger partial charge in [-0.1, -0.05) is 25.4 Å². The minimum Gasteiger partial charge on any atom is -0.495 e. The van der Waals surface area contributed by atoms with E-state index in [4.69, 9.17) is 21.1 Å². The second-order valence-corrected chi connectivity index (χ2v) is 5.39. The minimum atomic E-state index is -0.221. The average molecular weight is 324 g/mol. The summed E-state index contributed by atoms with van der Waals surface area (Å²) < 4.78 is 10.5. The van der Waals surface area contributed by atoms with Crippen molar-refractivity contribution in [1.82, 2.24) is 9.97 Å². The number of rotatable bonds is 5. The number of ether oxygens (including phenoxy) is 2. The van der Waals surface area contributed by atoms with E-state index < -0.39 is 0 Å². The normalized spacial score (nSPS) is 10.6. The molecule has 0 unspecified atom stereocenters. The number of nitrogens with zero attached hydrogens (tertiary/aromatic N) is 1. The number of benzene rings is 1. The summed E-state index contributed by atoms with van der Waals surface area (Å²) in [6.07, 6.45) is 0. The monoisotopic (exact) mass is 323 g/mol. The van der Waals surface area contributed by atoms with Gasteiger partial charge in [0.1, 0.15) is 11.5 Å². The van der Waals surface area contributed by atoms with Crippen molar-refractivity contribution in [3.63, 3.8) is 0 Å². The van der Waals surface area contributed by atoms with Crippen molar-refractivity contribution in [2.24, 2.45) is 0 Å². The standard InChI is InChI=1S/C15H18ClN3O3/c1-8(2)10-7-14(20)19-15(17-10)18-11-6-12(21-3)9(16)5-13(11)22-4/h5-8H,1-4H3,(H2,17,18,19,20). The van der Waals surface area contributed by atoms with Crippen LogP contribution >= 0.6 is 11.6 Å². The quantitative estimate of drug-likeness (QED) is 0.882. The maximum atomic E-state index is 11.7. The summed E-state index contributed by atoms with van der Waals surface area (Å²) >= 11 is 6.07. The molecule has 1 aromatic heterocycles. The van der Waals surface area contributed by atoms with E-state index in [2.05, 4.69) is 15.3 Å². The number of nitrogens with one attached hydrogen (secondary N) is 2. The van der Waals surface area contributed by atoms with Crippen LogP contribution in [-0.2, 0) is 0 Å². The highest BCUT2D eigenvalue weighted by Crippen LogP contribution is 2.36. The highest BCUT2D eigenvalue weighted by Gasteiger charge is 2.12. The van der Waals surface area contributed by atoms with E-state index in [1.165, 1.54) is 20.3 Å². The number of hydrogen-bond acceptors (Lipinski definition) is 5. The molecule has 0 aliphatic rings. The molecule has 2 aromatic rings. The number of aromatic amines is 1. The van der Waals surface area contributed by atoms with Crippen molar-refractivity contribution in [1.29, 1.82) is 0 Å². The zero-order valence-electron chi connectivity index (χ0n) is 12.9. The molecule has 1 aromatic carbocycles. The van der Waals surface area contributed by atoms with Gasteiger partial charge in [0.25, 0.3) is 5.56 Å². The van der Waals surface area contributed by atoms with Crippen molar-refractivity contribution >= 4 is 23.2 Å². The largest absolute Gasteiger partial charge is 0.495 e. The lowest BCUT2D eigenvalue weighted by atomic mass is 10.1. The second kappa shape index (κ2) is 6.70. The smallest absolute Gasteiger partial charge is 0.252 e. The molecular formula is C15H18ClN3O3. The van der Waals surface area contributed by atoms with Crippen LogP contribution in [0.15, 0.2) is 23.0 Å². The number of hydrogen-bond donors (Lipinski definition) is 2. The molecule has 0 aliphatic carbocycles. The Hall–Kier alpha value is -2.21. The van der Waals surface area contributed by atoms with E-state index >= 15 is 0 Å². The van der Waals surface area contributed by atoms with E-state index in [0.29, 0.717) is 33.9 Å². The summed E-state index contributed by atoms with van der Waals surface area (Å²) in [4.78, 5) is 18.8. The van der Waals surface area contributed by atoms with Crippen molar-refractivity contribution in [2.75, 3.05) is 19.5 Å². The molecule has 0 spiro atoms. The number of H-pyrrole nitrogens is 1. The zero-order valence-corrected chi connectivity index (χ0v) is 13.6. The molecule has 0 fully saturated rings. The third-order valence-corrected chi connectivity index (χ3v) is 3.38. The number of aromatic nitrogens is 2. The van der Waals surface area contributed by atoms with Crippen LogP contribution in [0.4, 0.5) is 11.6 Å². The van der Waals surface area contributed by atoms with Gasteiger partial charge in [-0.05, 0) is 5.92 Å². The van der Waals surface area contributed by atoms with E-state index in [1.54, 1.807) is 12.1 Å². The lowest BCUT2D eigenvalue weighted by molar-refractivity contribution is 0.405. The fourth-order valence-electron chi connectivity index (χ4n) is 1.92. The first-order valence-electron chi connectivity index (χ1n) is 6.74. The molecule has 0 atom stereocenters. The van der Waals surface area contributed by atoms with Crippen LogP contribution in [0.3, 0.4) is 0 Å². The molecule has 0 aliphatic heterocycles. The first-order valence-corrected chi connectivity index (χ1v) is 7.12. The number of methoxy groups -OCH3 is 2. The molecule has 0 radical (unpaired) electrons. The van der Waals surface area contributed by atoms with E-state index in [-0.39, 0.29) is 11.5 Å². The Kier molecular flexibility index (Phi) is 4.92. The first-order chi connectivity index (χ1) is 10.4. The highest BCUT2D eigenvalue weighted by molar-refractivity contribution is 6.32. The lowest BCUT2D eigenvalue weighted by Gasteiger charge is -2.14. The van der Waals surface area contributed by atoms with Gasteiger partial charge < -0.3 is 14.8 Å². The summed E-state index contributed by atoms with van der Waals surface area (Å²) in [5.41, 5.74) is 1.07. The minimum absolute atomic E-state index is 0.143. The fourth-order valence-corrected chi connectivity index (χ4v) is 2.15. The van der Waals surface area contributed by atoms with Crippen LogP contribution in [0.1, 0.15) is 25.5 Å². The Labute approximate surface area is 133 Å². The van der Waals surface area contributed by atoms with Gasteiger partial charge in [0, 0.05) is 18.2 Å². The molecule has 0 saturated carbocycles. The van der Waals surface area contributed by atoms with Crippen LogP contribution in [0.5, 0.6) is 11.5 Å². The van der Waals surface area contributed by atoms with E-state index in [1.807, 2.05) is 13.8 Å². The maximum Gasteiger partial charge on any atom is 0.252 e. The maximum absolute atomic E-state index is 11.7. The highest BCUT2D eigenvalue weighted by atomic mass is 35.5. The molecule has 7 heteroatoms. The van der Waals surface area contributed by atoms with Crippen LogP contribution in [0.2, 0.25) is 5.02 Å². The molecule has 118 valence electrons. The number of anilines is 2. The molecule has 22 heavy (non-hydrogen) atoms. The van der Waals surface area contributed by atoms with Gasteiger partial charge in [0.05, 0.1) is 30.6 Å². The van der Waals surface area contributed by atoms with Crippen molar-refractivity contribution in [2.45, 2.75) is 19.8 Å². The van der Waals surface area contributed by atoms with Crippen molar-refractivity contribution in [3.05, 3.63) is 39.3 Å². The topological polar surface area (TPSA) is 76.2 Å². The van der Waals surface area contributed by atoms with Crippen LogP contribution in [0.25, 0.3) is 0 Å². The van der Waals surface area contributed by atoms with Crippen LogP contribution in [0, 0.1) is 0 Å². The summed E-state index contributed by atoms with van der Waals surface area (Å²) in [6, 6.07) is 4.80. The Morgan fingerprint density at radius 3 is 2.45 bits per heavy atom. The number of halogens is 1. The Morgan fingerprint density at radius 2 is 1.86 bits per heavy atom. The Balaban J connectivity index is 2.44. The molecular weight excluding hydrogens is 306 g/mol. The summed E-state index contributed by atoms with van der Waals surface area (Å²) in [6.45, 7) is 3.94. The lowest BCUT2D eigenvalue weighted by Crippen LogP contribution is -2.13. The fraction of sp³-hybridized carbons (Fsp3) is 0.333. The third-order valence-electron chi connectivity index (χ3n) is 3.08. The first kappa shape index (κ1) is 16.2. The predicted molar refractivity (Wildman–Crippen MR) is 86.8 cm³/mol. The molecule has 0 amide bonds. The van der Waals surface area contributed by atoms with E-state index in [0.717, 1.165) is 0 Å². The summed E-state index contributed by atoms with van der Waals surface area (Å²) in [5.74, 6) is 1.49. The Morgan fingerprint density at radius 1 is 1.18 bits per heavy atom. The predicted octanol–water partition coefficient (Wildman–Crippen LogP) is 3.31.